The van der Waals surface area contributed by atoms with Crippen LogP contribution in [0.2, 0.25) is 5.02 Å². The van der Waals surface area contributed by atoms with Crippen LogP contribution in [-0.4, -0.2) is 24.9 Å². The number of carbonyl (C=O) groups excluding carboxylic acids is 1. The van der Waals surface area contributed by atoms with Gasteiger partial charge in [0.2, 0.25) is 0 Å². The number of aryl methyl sites for hydroxylation is 1. The molecule has 0 aliphatic heterocycles. The fourth-order valence-electron chi connectivity index (χ4n) is 2.57. The number of halogens is 1. The molecule has 0 heterocycles. The van der Waals surface area contributed by atoms with Gasteiger partial charge in [-0.25, -0.2) is 0 Å². The van der Waals surface area contributed by atoms with Gasteiger partial charge in [-0.15, -0.1) is 0 Å². The van der Waals surface area contributed by atoms with Gasteiger partial charge in [0, 0.05) is 38.3 Å². The summed E-state index contributed by atoms with van der Waals surface area (Å²) in [6.07, 6.45) is 0. The van der Waals surface area contributed by atoms with E-state index in [0.29, 0.717) is 17.1 Å². The molecule has 1 N–H and O–H groups in total. The summed E-state index contributed by atoms with van der Waals surface area (Å²) in [5.41, 5.74) is 3.05. The number of rotatable bonds is 5. The minimum absolute atomic E-state index is 0.0235. The third-order valence-electron chi connectivity index (χ3n) is 3.69. The SMILES string of the molecule is CNC(=O)c1ccc(CN(C)c2c(C)cc([N+](=O)[O-])cc2Cl)cc1. The van der Waals surface area contributed by atoms with Gasteiger partial charge in [0.1, 0.15) is 0 Å². The van der Waals surface area contributed by atoms with Crippen molar-refractivity contribution in [2.24, 2.45) is 0 Å². The monoisotopic (exact) mass is 347 g/mol. The highest BCUT2D eigenvalue weighted by atomic mass is 35.5. The molecule has 2 rings (SSSR count). The maximum atomic E-state index is 11.6. The summed E-state index contributed by atoms with van der Waals surface area (Å²) >= 11 is 6.23. The predicted molar refractivity (Wildman–Crippen MR) is 94.8 cm³/mol. The summed E-state index contributed by atoms with van der Waals surface area (Å²) in [6.45, 7) is 2.35. The quantitative estimate of drug-likeness (QED) is 0.663. The number of nitro groups is 1. The summed E-state index contributed by atoms with van der Waals surface area (Å²) in [7, 11) is 3.45. The standard InChI is InChI=1S/C17H18ClN3O3/c1-11-8-14(21(23)24)9-15(18)16(11)20(3)10-12-4-6-13(7-5-12)17(22)19-2/h4-9H,10H2,1-3H3,(H,19,22). The molecule has 0 fully saturated rings. The molecule has 24 heavy (non-hydrogen) atoms. The molecule has 2 aromatic rings. The lowest BCUT2D eigenvalue weighted by Crippen LogP contribution is -2.19. The lowest BCUT2D eigenvalue weighted by atomic mass is 10.1. The Hall–Kier alpha value is -2.60. The first-order chi connectivity index (χ1) is 11.3. The number of nitrogens with one attached hydrogen (secondary N) is 1. The number of benzene rings is 2. The van der Waals surface area contributed by atoms with Crippen molar-refractivity contribution in [3.8, 4) is 0 Å². The average molecular weight is 348 g/mol. The van der Waals surface area contributed by atoms with Crippen molar-refractivity contribution in [1.29, 1.82) is 0 Å². The minimum Gasteiger partial charge on any atom is -0.369 e. The van der Waals surface area contributed by atoms with Crippen molar-refractivity contribution < 1.29 is 9.72 Å². The molecule has 1 amide bonds. The van der Waals surface area contributed by atoms with E-state index in [1.54, 1.807) is 26.1 Å². The minimum atomic E-state index is -0.458. The van der Waals surface area contributed by atoms with Gasteiger partial charge >= 0.3 is 0 Å². The largest absolute Gasteiger partial charge is 0.369 e. The highest BCUT2D eigenvalue weighted by Gasteiger charge is 2.16. The molecule has 0 atom stereocenters. The van der Waals surface area contributed by atoms with Crippen molar-refractivity contribution in [3.63, 3.8) is 0 Å². The van der Waals surface area contributed by atoms with E-state index in [4.69, 9.17) is 11.6 Å². The van der Waals surface area contributed by atoms with Gasteiger partial charge in [0.15, 0.2) is 0 Å². The fourth-order valence-corrected chi connectivity index (χ4v) is 2.97. The van der Waals surface area contributed by atoms with E-state index in [2.05, 4.69) is 5.32 Å². The average Bonchev–Trinajstić information content (AvgIpc) is 2.54. The van der Waals surface area contributed by atoms with E-state index in [1.165, 1.54) is 12.1 Å². The molecule has 0 aliphatic carbocycles. The highest BCUT2D eigenvalue weighted by molar-refractivity contribution is 6.33. The normalized spacial score (nSPS) is 10.3. The number of nitro benzene ring substituents is 1. The zero-order chi connectivity index (χ0) is 17.9. The second-order valence-electron chi connectivity index (χ2n) is 5.48. The summed E-state index contributed by atoms with van der Waals surface area (Å²) in [5.74, 6) is -0.135. The zero-order valence-electron chi connectivity index (χ0n) is 13.7. The molecule has 0 aliphatic rings. The van der Waals surface area contributed by atoms with E-state index in [1.807, 2.05) is 24.1 Å². The Morgan fingerprint density at radius 2 is 1.92 bits per heavy atom. The highest BCUT2D eigenvalue weighted by Crippen LogP contribution is 2.33. The van der Waals surface area contributed by atoms with Crippen LogP contribution in [0.1, 0.15) is 21.5 Å². The number of hydrogen-bond acceptors (Lipinski definition) is 4. The topological polar surface area (TPSA) is 75.5 Å². The number of carbonyl (C=O) groups is 1. The first-order valence-corrected chi connectivity index (χ1v) is 7.68. The lowest BCUT2D eigenvalue weighted by molar-refractivity contribution is -0.384. The van der Waals surface area contributed by atoms with Gasteiger partial charge in [-0.05, 0) is 30.2 Å². The Morgan fingerprint density at radius 3 is 2.42 bits per heavy atom. The van der Waals surface area contributed by atoms with Gasteiger partial charge in [-0.3, -0.25) is 14.9 Å². The Bertz CT molecular complexity index is 752. The van der Waals surface area contributed by atoms with Crippen LogP contribution < -0.4 is 10.2 Å². The Balaban J connectivity index is 2.22. The molecule has 0 saturated carbocycles. The van der Waals surface area contributed by atoms with Crippen molar-refractivity contribution in [2.75, 3.05) is 19.0 Å². The molecule has 0 bridgehead atoms. The molecular weight excluding hydrogens is 330 g/mol. The summed E-state index contributed by atoms with van der Waals surface area (Å²) < 4.78 is 0. The molecule has 0 unspecified atom stereocenters. The maximum absolute atomic E-state index is 11.6. The Kier molecular flexibility index (Phi) is 5.41. The third-order valence-corrected chi connectivity index (χ3v) is 3.98. The third kappa shape index (κ3) is 3.83. The second-order valence-corrected chi connectivity index (χ2v) is 5.89. The second kappa shape index (κ2) is 7.31. The summed E-state index contributed by atoms with van der Waals surface area (Å²) in [5, 5.41) is 13.8. The van der Waals surface area contributed by atoms with Crippen LogP contribution in [0.3, 0.4) is 0 Å². The predicted octanol–water partition coefficient (Wildman–Crippen LogP) is 3.55. The number of nitrogens with zero attached hydrogens (tertiary/aromatic N) is 2. The van der Waals surface area contributed by atoms with Crippen LogP contribution in [0.15, 0.2) is 36.4 Å². The Morgan fingerprint density at radius 1 is 1.29 bits per heavy atom. The van der Waals surface area contributed by atoms with Crippen LogP contribution in [0.25, 0.3) is 0 Å². The summed E-state index contributed by atoms with van der Waals surface area (Å²) in [4.78, 5) is 23.9. The van der Waals surface area contributed by atoms with Gasteiger partial charge in [-0.1, -0.05) is 23.7 Å². The van der Waals surface area contributed by atoms with Crippen LogP contribution >= 0.6 is 11.6 Å². The van der Waals surface area contributed by atoms with Gasteiger partial charge in [-0.2, -0.15) is 0 Å². The first-order valence-electron chi connectivity index (χ1n) is 7.30. The molecule has 126 valence electrons. The van der Waals surface area contributed by atoms with E-state index in [-0.39, 0.29) is 11.6 Å². The summed E-state index contributed by atoms with van der Waals surface area (Å²) in [6, 6.07) is 10.1. The molecule has 7 heteroatoms. The molecule has 0 saturated heterocycles. The molecule has 0 aromatic heterocycles. The maximum Gasteiger partial charge on any atom is 0.271 e. The van der Waals surface area contributed by atoms with Crippen LogP contribution in [0.5, 0.6) is 0 Å². The van der Waals surface area contributed by atoms with Gasteiger partial charge in [0.05, 0.1) is 15.6 Å². The van der Waals surface area contributed by atoms with Crippen molar-refractivity contribution in [2.45, 2.75) is 13.5 Å². The van der Waals surface area contributed by atoms with Crippen molar-refractivity contribution in [3.05, 3.63) is 68.2 Å². The molecular formula is C17H18ClN3O3. The fraction of sp³-hybridized carbons (Fsp3) is 0.235. The van der Waals surface area contributed by atoms with Crippen molar-refractivity contribution in [1.82, 2.24) is 5.32 Å². The molecule has 6 nitrogen and oxygen atoms in total. The van der Waals surface area contributed by atoms with Gasteiger partial charge < -0.3 is 10.2 Å². The Labute approximate surface area is 145 Å². The van der Waals surface area contributed by atoms with E-state index < -0.39 is 4.92 Å². The molecule has 2 aromatic carbocycles. The van der Waals surface area contributed by atoms with E-state index in [0.717, 1.165) is 16.8 Å². The number of amides is 1. The van der Waals surface area contributed by atoms with E-state index in [9.17, 15) is 14.9 Å². The number of hydrogen-bond donors (Lipinski definition) is 1. The number of non-ortho nitro benzene ring substituents is 1. The van der Waals surface area contributed by atoms with Gasteiger partial charge in [0.25, 0.3) is 11.6 Å². The van der Waals surface area contributed by atoms with Crippen LogP contribution in [0, 0.1) is 17.0 Å². The van der Waals surface area contributed by atoms with Crippen LogP contribution in [-0.2, 0) is 6.54 Å². The molecule has 0 radical (unpaired) electrons. The smallest absolute Gasteiger partial charge is 0.271 e. The lowest BCUT2D eigenvalue weighted by Gasteiger charge is -2.23. The van der Waals surface area contributed by atoms with E-state index >= 15 is 0 Å². The first kappa shape index (κ1) is 17.7. The zero-order valence-corrected chi connectivity index (χ0v) is 14.4. The van der Waals surface area contributed by atoms with Crippen LogP contribution in [0.4, 0.5) is 11.4 Å². The van der Waals surface area contributed by atoms with Crippen molar-refractivity contribution >= 4 is 28.9 Å². The number of anilines is 1. The molecule has 0 spiro atoms.